The molecule has 0 aromatic rings. The summed E-state index contributed by atoms with van der Waals surface area (Å²) in [5, 5.41) is 38.9. The van der Waals surface area contributed by atoms with Crippen LogP contribution in [0.15, 0.2) is 82.9 Å². The van der Waals surface area contributed by atoms with Crippen LogP contribution in [0.2, 0.25) is 0 Å². The molecule has 52 heavy (non-hydrogen) atoms. The lowest BCUT2D eigenvalue weighted by Gasteiger charge is -2.07. The second kappa shape index (κ2) is 38.1. The Kier molecular flexibility index (Phi) is 38.9. The lowest BCUT2D eigenvalue weighted by atomic mass is 10.2. The van der Waals surface area contributed by atoms with Crippen molar-refractivity contribution in [2.75, 3.05) is 28.2 Å². The zero-order valence-electron chi connectivity index (χ0n) is 31.3. The molecule has 0 aromatic heterocycles. The van der Waals surface area contributed by atoms with Crippen molar-refractivity contribution in [3.05, 3.63) is 72.9 Å². The van der Waals surface area contributed by atoms with E-state index in [1.807, 2.05) is 12.2 Å². The topological polar surface area (TPSA) is 321 Å². The Hall–Kier alpha value is -5.71. The molecule has 1 unspecified atom stereocenters. The van der Waals surface area contributed by atoms with E-state index in [4.69, 9.17) is 54.8 Å². The van der Waals surface area contributed by atoms with E-state index in [0.29, 0.717) is 6.42 Å². The number of rotatable bonds is 18. The highest BCUT2D eigenvalue weighted by atomic mass is 16.4. The first-order chi connectivity index (χ1) is 24.4. The van der Waals surface area contributed by atoms with Crippen LogP contribution >= 0.6 is 0 Å². The maximum atomic E-state index is 10.3. The van der Waals surface area contributed by atoms with Crippen molar-refractivity contribution >= 4 is 41.7 Å². The summed E-state index contributed by atoms with van der Waals surface area (Å²) in [6.45, 7) is 2.15. The van der Waals surface area contributed by atoms with Crippen molar-refractivity contribution < 1.29 is 29.7 Å². The van der Waals surface area contributed by atoms with Gasteiger partial charge < -0.3 is 53.8 Å². The molecule has 1 atom stereocenters. The first-order valence-electron chi connectivity index (χ1n) is 16.4. The average molecular weight is 734 g/mol. The highest BCUT2D eigenvalue weighted by Crippen LogP contribution is 1.98. The van der Waals surface area contributed by atoms with Crippen LogP contribution in [0, 0.1) is 10.8 Å². The Morgan fingerprint density at radius 1 is 0.596 bits per heavy atom. The number of guanidine groups is 4. The minimum Gasteiger partial charge on any atom is -0.481 e. The molecule has 0 saturated carbocycles. The highest BCUT2D eigenvalue weighted by molar-refractivity contribution is 5.92. The molecule has 17 heteroatoms. The summed E-state index contributed by atoms with van der Waals surface area (Å²) < 4.78 is 0. The Balaban J connectivity index is -0.000000338. The normalized spacial score (nSPS) is 11.3. The van der Waals surface area contributed by atoms with Gasteiger partial charge in [-0.15, -0.1) is 0 Å². The molecule has 294 valence electrons. The largest absolute Gasteiger partial charge is 0.481 e. The lowest BCUT2D eigenvalue weighted by molar-refractivity contribution is -0.140. The fourth-order valence-electron chi connectivity index (χ4n) is 2.69. The zero-order valence-corrected chi connectivity index (χ0v) is 31.3. The van der Waals surface area contributed by atoms with Crippen molar-refractivity contribution in [3.63, 3.8) is 0 Å². The van der Waals surface area contributed by atoms with E-state index >= 15 is 0 Å². The summed E-state index contributed by atoms with van der Waals surface area (Å²) in [5.41, 5.74) is 25.0. The molecule has 0 aromatic carbocycles. The van der Waals surface area contributed by atoms with Crippen molar-refractivity contribution in [1.29, 1.82) is 10.8 Å². The minimum absolute atomic E-state index is 0.0231. The molecule has 0 fully saturated rings. The third-order valence-corrected chi connectivity index (χ3v) is 5.43. The Morgan fingerprint density at radius 3 is 1.13 bits per heavy atom. The van der Waals surface area contributed by atoms with Gasteiger partial charge in [0.15, 0.2) is 11.9 Å². The molecular weight excluding hydrogens is 670 g/mol. The number of hydrogen-bond acceptors (Lipinski definition) is 6. The van der Waals surface area contributed by atoms with Gasteiger partial charge in [-0.3, -0.25) is 25.2 Å². The van der Waals surface area contributed by atoms with Gasteiger partial charge in [-0.05, 0) is 51.4 Å². The second-order valence-corrected chi connectivity index (χ2v) is 10.7. The molecule has 0 bridgehead atoms. The third kappa shape index (κ3) is 51.1. The maximum absolute atomic E-state index is 10.3. The van der Waals surface area contributed by atoms with E-state index < -0.39 is 23.9 Å². The number of carboxylic acid groups (broad SMARTS) is 3. The van der Waals surface area contributed by atoms with Gasteiger partial charge in [0.05, 0.1) is 0 Å². The molecule has 0 aliphatic carbocycles. The Labute approximate surface area is 308 Å². The van der Waals surface area contributed by atoms with Crippen molar-refractivity contribution in [2.24, 2.45) is 38.7 Å². The van der Waals surface area contributed by atoms with Gasteiger partial charge in [-0.2, -0.15) is 9.98 Å². The van der Waals surface area contributed by atoms with Crippen LogP contribution in [-0.4, -0.2) is 101 Å². The minimum atomic E-state index is -1.17. The molecule has 0 heterocycles. The lowest BCUT2D eigenvalue weighted by Crippen LogP contribution is -2.30. The van der Waals surface area contributed by atoms with Gasteiger partial charge in [0.1, 0.15) is 6.04 Å². The van der Waals surface area contributed by atoms with Gasteiger partial charge in [-0.25, -0.2) is 0 Å². The Bertz CT molecular complexity index is 1210. The summed E-state index contributed by atoms with van der Waals surface area (Å²) in [4.78, 5) is 40.1. The molecule has 0 radical (unpaired) electrons. The van der Waals surface area contributed by atoms with Gasteiger partial charge in [0.25, 0.3) is 0 Å². The van der Waals surface area contributed by atoms with E-state index in [2.05, 4.69) is 77.7 Å². The van der Waals surface area contributed by atoms with Crippen LogP contribution in [0.25, 0.3) is 0 Å². The number of aliphatic carboxylic acids is 3. The van der Waals surface area contributed by atoms with E-state index in [-0.39, 0.29) is 43.1 Å². The molecule has 0 rings (SSSR count). The summed E-state index contributed by atoms with van der Waals surface area (Å²) in [7, 11) is 6.76. The Morgan fingerprint density at radius 2 is 0.904 bits per heavy atom. The predicted octanol–water partition coefficient (Wildman–Crippen LogP) is 3.32. The smallest absolute Gasteiger partial charge is 0.320 e. The van der Waals surface area contributed by atoms with Crippen molar-refractivity contribution in [1.82, 2.24) is 9.80 Å². The van der Waals surface area contributed by atoms with Gasteiger partial charge in [-0.1, -0.05) is 79.8 Å². The monoisotopic (exact) mass is 733 g/mol. The van der Waals surface area contributed by atoms with E-state index in [1.54, 1.807) is 28.2 Å². The maximum Gasteiger partial charge on any atom is 0.320 e. The number of allylic oxidation sites excluding steroid dienone is 12. The van der Waals surface area contributed by atoms with E-state index in [0.717, 1.165) is 38.5 Å². The molecule has 0 aliphatic heterocycles. The number of nitrogens with zero attached hydrogens (tertiary/aromatic N) is 4. The summed E-state index contributed by atoms with van der Waals surface area (Å²) in [5.74, 6) is -3.01. The summed E-state index contributed by atoms with van der Waals surface area (Å²) >= 11 is 0. The zero-order chi connectivity index (χ0) is 40.7. The third-order valence-electron chi connectivity index (χ3n) is 5.43. The predicted molar refractivity (Wildman–Crippen MR) is 212 cm³/mol. The van der Waals surface area contributed by atoms with Gasteiger partial charge >= 0.3 is 17.9 Å². The summed E-state index contributed by atoms with van der Waals surface area (Å²) in [6.07, 6.45) is 32.2. The van der Waals surface area contributed by atoms with Crippen LogP contribution in [0.3, 0.4) is 0 Å². The molecule has 15 N–H and O–H groups in total. The molecular formula is C35H63N11O6. The second-order valence-electron chi connectivity index (χ2n) is 10.7. The van der Waals surface area contributed by atoms with Crippen molar-refractivity contribution in [2.45, 2.75) is 77.2 Å². The number of carboxylic acids is 3. The van der Waals surface area contributed by atoms with E-state index in [1.165, 1.54) is 9.80 Å². The van der Waals surface area contributed by atoms with Crippen LogP contribution in [0.4, 0.5) is 0 Å². The van der Waals surface area contributed by atoms with Gasteiger partial charge in [0.2, 0.25) is 11.9 Å². The summed E-state index contributed by atoms with van der Waals surface area (Å²) in [6, 6.07) is -1.06. The average Bonchev–Trinajstić information content (AvgIpc) is 3.04. The number of nitrogens with two attached hydrogens (primary N) is 5. The number of hydrogen-bond donors (Lipinski definition) is 10. The fraction of sp³-hybridized carbons (Fsp3) is 0.457. The quantitative estimate of drug-likeness (QED) is 0.0550. The first kappa shape index (κ1) is 53.1. The van der Waals surface area contributed by atoms with E-state index in [9.17, 15) is 14.4 Å². The SMILES string of the molecule is CC/C=C\C/C=C\C/C=C\C/C=C\C/C=C\C/C=C\CCC(=O)O.CN(C)C(=N)N=C(N)N.CN(C)C(=N)N=C(N)N.NC(CCC(=O)O)C(=O)O. The molecule has 0 spiro atoms. The van der Waals surface area contributed by atoms with Crippen LogP contribution < -0.4 is 28.7 Å². The molecule has 0 aliphatic rings. The van der Waals surface area contributed by atoms with Gasteiger partial charge in [0, 0.05) is 41.0 Å². The van der Waals surface area contributed by atoms with Crippen LogP contribution in [0.5, 0.6) is 0 Å². The first-order valence-corrected chi connectivity index (χ1v) is 16.4. The number of nitrogens with one attached hydrogen (secondary N) is 2. The molecule has 17 nitrogen and oxygen atoms in total. The van der Waals surface area contributed by atoms with Crippen LogP contribution in [0.1, 0.15) is 71.1 Å². The van der Waals surface area contributed by atoms with Crippen molar-refractivity contribution in [3.8, 4) is 0 Å². The number of carbonyl (C=O) groups is 3. The molecule has 0 amide bonds. The number of aliphatic imine (C=N–C) groups is 2. The molecule has 0 saturated heterocycles. The standard InChI is InChI=1S/C22H32O2.C5H9NO4.2C4H11N5/c1-2-3-4-5-6-7-8-9-10-11-12-13-14-15-16-17-18-19-20-21-22(23)24;6-3(5(9)10)1-2-4(7)8;2*1-9(2)4(7)8-3(5)6/h3-4,6-7,9-10,12-13,15-16,18-19H,2,5,8,11,14,17,20-21H2,1H3,(H,23,24);3H,1-2,6H2,(H,7,8)(H,9,10);2*1-2H3,(H5,5,6,7,8)/b4-3-,7-6-,10-9-,13-12-,16-15-,19-18-;;;. The fourth-order valence-corrected chi connectivity index (χ4v) is 2.69. The highest BCUT2D eigenvalue weighted by Gasteiger charge is 2.12. The van der Waals surface area contributed by atoms with Crippen LogP contribution in [-0.2, 0) is 14.4 Å².